The molecule has 92 valence electrons. The van der Waals surface area contributed by atoms with Gasteiger partial charge in [-0.1, -0.05) is 0 Å². The lowest BCUT2D eigenvalue weighted by Gasteiger charge is -2.19. The van der Waals surface area contributed by atoms with Gasteiger partial charge in [0.2, 0.25) is 5.95 Å². The Morgan fingerprint density at radius 1 is 1.47 bits per heavy atom. The second kappa shape index (κ2) is 4.33. The monoisotopic (exact) mass is 233 g/mol. The van der Waals surface area contributed by atoms with E-state index in [1.54, 1.807) is 6.20 Å². The van der Waals surface area contributed by atoms with E-state index in [9.17, 15) is 0 Å². The van der Waals surface area contributed by atoms with E-state index in [-0.39, 0.29) is 6.04 Å². The molecule has 0 fully saturated rings. The van der Waals surface area contributed by atoms with E-state index in [4.69, 9.17) is 5.73 Å². The Bertz CT molecular complexity index is 529. The molecule has 5 nitrogen and oxygen atoms in total. The lowest BCUT2D eigenvalue weighted by Crippen LogP contribution is -2.23. The van der Waals surface area contributed by atoms with Crippen molar-refractivity contribution in [3.05, 3.63) is 17.8 Å². The van der Waals surface area contributed by atoms with Crippen LogP contribution in [0.1, 0.15) is 18.5 Å². The van der Waals surface area contributed by atoms with Crippen LogP contribution in [-0.2, 0) is 0 Å². The molecule has 0 saturated heterocycles. The van der Waals surface area contributed by atoms with E-state index in [0.29, 0.717) is 5.95 Å². The van der Waals surface area contributed by atoms with Crippen molar-refractivity contribution in [3.8, 4) is 0 Å². The molecule has 5 heteroatoms. The van der Waals surface area contributed by atoms with Crippen molar-refractivity contribution in [2.24, 2.45) is 0 Å². The summed E-state index contributed by atoms with van der Waals surface area (Å²) in [5, 5.41) is 0. The lowest BCUT2D eigenvalue weighted by molar-refractivity contribution is 0.342. The maximum absolute atomic E-state index is 5.99. The fourth-order valence-electron chi connectivity index (χ4n) is 2.17. The van der Waals surface area contributed by atoms with Crippen molar-refractivity contribution in [2.75, 3.05) is 26.4 Å². The zero-order chi connectivity index (χ0) is 12.6. The van der Waals surface area contributed by atoms with Gasteiger partial charge in [0, 0.05) is 18.8 Å². The standard InChI is InChI=1S/C12H19N5/c1-8-5-6-14-11-10(8)15-12(13)17(11)9(2)7-16(3)4/h5-6,9H,7H2,1-4H3,(H2,13,15). The van der Waals surface area contributed by atoms with Crippen molar-refractivity contribution in [1.29, 1.82) is 0 Å². The summed E-state index contributed by atoms with van der Waals surface area (Å²) in [7, 11) is 4.09. The van der Waals surface area contributed by atoms with Crippen LogP contribution in [0.2, 0.25) is 0 Å². The summed E-state index contributed by atoms with van der Waals surface area (Å²) >= 11 is 0. The molecular weight excluding hydrogens is 214 g/mol. The minimum Gasteiger partial charge on any atom is -0.369 e. The van der Waals surface area contributed by atoms with Gasteiger partial charge in [-0.15, -0.1) is 0 Å². The van der Waals surface area contributed by atoms with Crippen LogP contribution in [0.15, 0.2) is 12.3 Å². The molecule has 2 aromatic heterocycles. The van der Waals surface area contributed by atoms with Crippen LogP contribution < -0.4 is 5.73 Å². The first-order chi connectivity index (χ1) is 8.00. The van der Waals surface area contributed by atoms with Gasteiger partial charge in [-0.3, -0.25) is 4.57 Å². The fraction of sp³-hybridized carbons (Fsp3) is 0.500. The van der Waals surface area contributed by atoms with Gasteiger partial charge in [0.15, 0.2) is 5.65 Å². The third kappa shape index (κ3) is 2.10. The Labute approximate surface area is 101 Å². The molecule has 17 heavy (non-hydrogen) atoms. The van der Waals surface area contributed by atoms with Gasteiger partial charge >= 0.3 is 0 Å². The van der Waals surface area contributed by atoms with Gasteiger partial charge in [-0.05, 0) is 39.6 Å². The van der Waals surface area contributed by atoms with E-state index in [1.807, 2.05) is 31.7 Å². The molecule has 0 amide bonds. The largest absolute Gasteiger partial charge is 0.369 e. The van der Waals surface area contributed by atoms with E-state index in [2.05, 4.69) is 21.8 Å². The maximum Gasteiger partial charge on any atom is 0.202 e. The number of nitrogens with zero attached hydrogens (tertiary/aromatic N) is 4. The molecule has 2 N–H and O–H groups in total. The van der Waals surface area contributed by atoms with Crippen LogP contribution in [0.4, 0.5) is 5.95 Å². The second-order valence-corrected chi connectivity index (χ2v) is 4.75. The topological polar surface area (TPSA) is 60.0 Å². The number of hydrogen-bond donors (Lipinski definition) is 1. The molecule has 0 aliphatic rings. The third-order valence-corrected chi connectivity index (χ3v) is 2.88. The number of aromatic nitrogens is 3. The van der Waals surface area contributed by atoms with E-state index < -0.39 is 0 Å². The van der Waals surface area contributed by atoms with Crippen molar-refractivity contribution >= 4 is 17.1 Å². The molecule has 0 saturated carbocycles. The van der Waals surface area contributed by atoms with Crippen LogP contribution in [0.25, 0.3) is 11.2 Å². The molecule has 0 spiro atoms. The minimum absolute atomic E-state index is 0.254. The molecule has 0 aliphatic heterocycles. The predicted octanol–water partition coefficient (Wildman–Crippen LogP) is 1.44. The number of nitrogen functional groups attached to an aromatic ring is 1. The number of hydrogen-bond acceptors (Lipinski definition) is 4. The van der Waals surface area contributed by atoms with Gasteiger partial charge < -0.3 is 10.6 Å². The number of likely N-dealkylation sites (N-methyl/N-ethyl adjacent to an activating group) is 1. The average molecular weight is 233 g/mol. The van der Waals surface area contributed by atoms with Gasteiger partial charge in [-0.25, -0.2) is 9.97 Å². The number of pyridine rings is 1. The molecule has 1 atom stereocenters. The number of anilines is 1. The number of nitrogens with two attached hydrogens (primary N) is 1. The number of aryl methyl sites for hydroxylation is 1. The molecular formula is C12H19N5. The number of imidazole rings is 1. The molecule has 1 unspecified atom stereocenters. The highest BCUT2D eigenvalue weighted by Gasteiger charge is 2.16. The van der Waals surface area contributed by atoms with Crippen LogP contribution in [0.5, 0.6) is 0 Å². The summed E-state index contributed by atoms with van der Waals surface area (Å²) in [6, 6.07) is 2.21. The molecule has 2 heterocycles. The van der Waals surface area contributed by atoms with Crippen LogP contribution in [0.3, 0.4) is 0 Å². The molecule has 2 rings (SSSR count). The van der Waals surface area contributed by atoms with Crippen molar-refractivity contribution < 1.29 is 0 Å². The van der Waals surface area contributed by atoms with Gasteiger partial charge in [0.05, 0.1) is 0 Å². The molecule has 0 aliphatic carbocycles. The SMILES string of the molecule is Cc1ccnc2c1nc(N)n2C(C)CN(C)C. The minimum atomic E-state index is 0.254. The van der Waals surface area contributed by atoms with Gasteiger partial charge in [0.1, 0.15) is 5.52 Å². The summed E-state index contributed by atoms with van der Waals surface area (Å²) in [6.07, 6.45) is 1.80. The first-order valence-electron chi connectivity index (χ1n) is 5.74. The van der Waals surface area contributed by atoms with Gasteiger partial charge in [0.25, 0.3) is 0 Å². The highest BCUT2D eigenvalue weighted by Crippen LogP contribution is 2.23. The summed E-state index contributed by atoms with van der Waals surface area (Å²) < 4.78 is 2.00. The van der Waals surface area contributed by atoms with Crippen LogP contribution >= 0.6 is 0 Å². The first-order valence-corrected chi connectivity index (χ1v) is 5.74. The summed E-state index contributed by atoms with van der Waals surface area (Å²) in [5.41, 5.74) is 8.87. The average Bonchev–Trinajstić information content (AvgIpc) is 2.55. The number of rotatable bonds is 3. The predicted molar refractivity (Wildman–Crippen MR) is 69.9 cm³/mol. The molecule has 0 aromatic carbocycles. The highest BCUT2D eigenvalue weighted by atomic mass is 15.2. The quantitative estimate of drug-likeness (QED) is 0.871. The van der Waals surface area contributed by atoms with Crippen LogP contribution in [0, 0.1) is 6.92 Å². The summed E-state index contributed by atoms with van der Waals surface area (Å²) in [6.45, 7) is 5.06. The Balaban J connectivity index is 2.53. The zero-order valence-corrected chi connectivity index (χ0v) is 10.8. The summed E-state index contributed by atoms with van der Waals surface area (Å²) in [5.74, 6) is 0.538. The normalized spacial score (nSPS) is 13.5. The highest BCUT2D eigenvalue weighted by molar-refractivity contribution is 5.77. The number of fused-ring (bicyclic) bond motifs is 1. The molecule has 0 bridgehead atoms. The molecule has 0 radical (unpaired) electrons. The Hall–Kier alpha value is -1.62. The van der Waals surface area contributed by atoms with Crippen molar-refractivity contribution in [3.63, 3.8) is 0 Å². The fourth-order valence-corrected chi connectivity index (χ4v) is 2.17. The third-order valence-electron chi connectivity index (χ3n) is 2.88. The van der Waals surface area contributed by atoms with Crippen molar-refractivity contribution in [1.82, 2.24) is 19.4 Å². The Kier molecular flexibility index (Phi) is 3.02. The van der Waals surface area contributed by atoms with Gasteiger partial charge in [-0.2, -0.15) is 0 Å². The van der Waals surface area contributed by atoms with E-state index in [1.165, 1.54) is 0 Å². The lowest BCUT2D eigenvalue weighted by atomic mass is 10.2. The second-order valence-electron chi connectivity index (χ2n) is 4.75. The maximum atomic E-state index is 5.99. The van der Waals surface area contributed by atoms with Crippen molar-refractivity contribution in [2.45, 2.75) is 19.9 Å². The summed E-state index contributed by atoms with van der Waals surface area (Å²) in [4.78, 5) is 10.9. The first kappa shape index (κ1) is 11.9. The van der Waals surface area contributed by atoms with E-state index >= 15 is 0 Å². The Morgan fingerprint density at radius 3 is 2.82 bits per heavy atom. The van der Waals surface area contributed by atoms with E-state index in [0.717, 1.165) is 23.3 Å². The zero-order valence-electron chi connectivity index (χ0n) is 10.8. The van der Waals surface area contributed by atoms with Crippen LogP contribution in [-0.4, -0.2) is 40.1 Å². The smallest absolute Gasteiger partial charge is 0.202 e. The molecule has 2 aromatic rings. The Morgan fingerprint density at radius 2 is 2.18 bits per heavy atom.